The number of carbonyl (C=O) groups excluding carboxylic acids is 1. The van der Waals surface area contributed by atoms with Crippen LogP contribution in [0, 0.1) is 11.8 Å². The fourth-order valence-corrected chi connectivity index (χ4v) is 2.73. The van der Waals surface area contributed by atoms with Crippen molar-refractivity contribution in [1.29, 1.82) is 0 Å². The van der Waals surface area contributed by atoms with Crippen molar-refractivity contribution in [2.75, 3.05) is 26.2 Å². The molecule has 0 bridgehead atoms. The number of nitrogens with zero attached hydrogens (tertiary/aromatic N) is 1. The van der Waals surface area contributed by atoms with Crippen LogP contribution in [0.2, 0.25) is 0 Å². The molecule has 1 radical (unpaired) electrons. The van der Waals surface area contributed by atoms with E-state index in [0.29, 0.717) is 5.41 Å². The van der Waals surface area contributed by atoms with E-state index in [9.17, 15) is 4.79 Å². The van der Waals surface area contributed by atoms with Gasteiger partial charge < -0.3 is 15.0 Å². The SMILES string of the molecule is CC(C)(C)OC(=O)N1C[CH]C2(CCNCC2)CC1. The molecule has 0 aromatic heterocycles. The largest absolute Gasteiger partial charge is 0.444 e. The lowest BCUT2D eigenvalue weighted by Gasteiger charge is -2.44. The molecule has 2 fully saturated rings. The first kappa shape index (κ1) is 13.7. The molecule has 0 atom stereocenters. The second-order valence-electron chi connectivity index (χ2n) is 6.49. The molecule has 2 saturated heterocycles. The number of piperidine rings is 2. The fourth-order valence-electron chi connectivity index (χ4n) is 2.73. The van der Waals surface area contributed by atoms with Gasteiger partial charge in [-0.05, 0) is 65.0 Å². The van der Waals surface area contributed by atoms with E-state index in [1.54, 1.807) is 0 Å². The zero-order chi connectivity index (χ0) is 13.2. The van der Waals surface area contributed by atoms with Crippen LogP contribution in [0.4, 0.5) is 4.79 Å². The minimum atomic E-state index is -0.402. The van der Waals surface area contributed by atoms with Gasteiger partial charge in [-0.1, -0.05) is 0 Å². The Bertz CT molecular complexity index is 293. The summed E-state index contributed by atoms with van der Waals surface area (Å²) in [5.41, 5.74) is -0.0370. The van der Waals surface area contributed by atoms with Gasteiger partial charge in [-0.3, -0.25) is 0 Å². The average molecular weight is 253 g/mol. The molecule has 0 aliphatic carbocycles. The second kappa shape index (κ2) is 5.08. The van der Waals surface area contributed by atoms with Gasteiger partial charge in [0.05, 0.1) is 0 Å². The maximum Gasteiger partial charge on any atom is 0.410 e. The van der Waals surface area contributed by atoms with Crippen molar-refractivity contribution in [1.82, 2.24) is 10.2 Å². The number of rotatable bonds is 0. The summed E-state index contributed by atoms with van der Waals surface area (Å²) in [6.45, 7) is 9.48. The van der Waals surface area contributed by atoms with Gasteiger partial charge in [0.1, 0.15) is 5.60 Å². The Hall–Kier alpha value is -0.770. The number of nitrogens with one attached hydrogen (secondary N) is 1. The van der Waals surface area contributed by atoms with Crippen LogP contribution in [0.15, 0.2) is 0 Å². The highest BCUT2D eigenvalue weighted by atomic mass is 16.6. The number of hydrogen-bond acceptors (Lipinski definition) is 3. The topological polar surface area (TPSA) is 41.6 Å². The zero-order valence-electron chi connectivity index (χ0n) is 11.8. The number of likely N-dealkylation sites (tertiary alicyclic amines) is 1. The molecule has 2 aliphatic rings. The minimum Gasteiger partial charge on any atom is -0.444 e. The highest BCUT2D eigenvalue weighted by molar-refractivity contribution is 5.68. The molecule has 2 aliphatic heterocycles. The van der Waals surface area contributed by atoms with E-state index in [1.807, 2.05) is 25.7 Å². The van der Waals surface area contributed by atoms with E-state index in [4.69, 9.17) is 4.74 Å². The molecule has 4 nitrogen and oxygen atoms in total. The molecule has 2 heterocycles. The number of hydrogen-bond donors (Lipinski definition) is 1. The number of amides is 1. The lowest BCUT2D eigenvalue weighted by molar-refractivity contribution is 0.0164. The minimum absolute atomic E-state index is 0.178. The summed E-state index contributed by atoms with van der Waals surface area (Å²) in [6.07, 6.45) is 5.64. The van der Waals surface area contributed by atoms with Crippen molar-refractivity contribution >= 4 is 6.09 Å². The van der Waals surface area contributed by atoms with Crippen LogP contribution in [0.25, 0.3) is 0 Å². The highest BCUT2D eigenvalue weighted by Gasteiger charge is 2.37. The van der Waals surface area contributed by atoms with E-state index in [1.165, 1.54) is 12.8 Å². The van der Waals surface area contributed by atoms with Crippen molar-refractivity contribution in [3.63, 3.8) is 0 Å². The van der Waals surface area contributed by atoms with Crippen molar-refractivity contribution < 1.29 is 9.53 Å². The molecule has 18 heavy (non-hydrogen) atoms. The second-order valence-corrected chi connectivity index (χ2v) is 6.49. The van der Waals surface area contributed by atoms with Crippen LogP contribution >= 0.6 is 0 Å². The summed E-state index contributed by atoms with van der Waals surface area (Å²) in [5.74, 6) is 0. The maximum absolute atomic E-state index is 12.0. The van der Waals surface area contributed by atoms with Gasteiger partial charge in [0, 0.05) is 13.1 Å². The Kier molecular flexibility index (Phi) is 3.85. The Morgan fingerprint density at radius 2 is 1.94 bits per heavy atom. The van der Waals surface area contributed by atoms with Crippen LogP contribution in [0.1, 0.15) is 40.0 Å². The summed E-state index contributed by atoms with van der Waals surface area (Å²) < 4.78 is 5.41. The number of carbonyl (C=O) groups is 1. The van der Waals surface area contributed by atoms with Crippen molar-refractivity contribution in [3.05, 3.63) is 6.42 Å². The van der Waals surface area contributed by atoms with E-state index >= 15 is 0 Å². The van der Waals surface area contributed by atoms with Crippen LogP contribution < -0.4 is 5.32 Å². The van der Waals surface area contributed by atoms with Gasteiger partial charge in [0.15, 0.2) is 0 Å². The average Bonchev–Trinajstić information content (AvgIpc) is 2.28. The van der Waals surface area contributed by atoms with Gasteiger partial charge in [-0.15, -0.1) is 0 Å². The van der Waals surface area contributed by atoms with E-state index in [-0.39, 0.29) is 6.09 Å². The smallest absolute Gasteiger partial charge is 0.410 e. The van der Waals surface area contributed by atoms with E-state index in [2.05, 4.69) is 11.7 Å². The van der Waals surface area contributed by atoms with Crippen LogP contribution in [0.3, 0.4) is 0 Å². The summed E-state index contributed by atoms with van der Waals surface area (Å²) in [6, 6.07) is 0. The van der Waals surface area contributed by atoms with Crippen LogP contribution in [-0.2, 0) is 4.74 Å². The molecule has 1 amide bonds. The van der Waals surface area contributed by atoms with E-state index in [0.717, 1.165) is 32.6 Å². The van der Waals surface area contributed by atoms with Gasteiger partial charge in [0.25, 0.3) is 0 Å². The third kappa shape index (κ3) is 3.37. The molecule has 103 valence electrons. The number of ether oxygens (including phenoxy) is 1. The zero-order valence-corrected chi connectivity index (χ0v) is 11.8. The first-order valence-electron chi connectivity index (χ1n) is 6.93. The first-order valence-corrected chi connectivity index (χ1v) is 6.93. The molecule has 0 saturated carbocycles. The summed E-state index contributed by atoms with van der Waals surface area (Å²) in [5, 5.41) is 3.40. The fraction of sp³-hybridized carbons (Fsp3) is 0.857. The third-order valence-corrected chi connectivity index (χ3v) is 3.88. The quantitative estimate of drug-likeness (QED) is 0.719. The van der Waals surface area contributed by atoms with Crippen LogP contribution in [-0.4, -0.2) is 42.8 Å². The summed E-state index contributed by atoms with van der Waals surface area (Å²) in [4.78, 5) is 13.8. The highest BCUT2D eigenvalue weighted by Crippen LogP contribution is 2.38. The molecule has 0 aromatic rings. The molecule has 1 spiro atoms. The standard InChI is InChI=1S/C14H25N2O2/c1-13(2,3)18-12(17)16-10-6-14(7-11-16)4-8-15-9-5-14/h6,15H,4-5,7-11H2,1-3H3. The normalized spacial score (nSPS) is 24.1. The predicted molar refractivity (Wildman–Crippen MR) is 71.3 cm³/mol. The maximum atomic E-state index is 12.0. The monoisotopic (exact) mass is 253 g/mol. The molecule has 2 rings (SSSR count). The van der Waals surface area contributed by atoms with Crippen molar-refractivity contribution in [2.45, 2.75) is 45.6 Å². The lowest BCUT2D eigenvalue weighted by atomic mass is 9.72. The predicted octanol–water partition coefficient (Wildman–Crippen LogP) is 2.20. The molecular weight excluding hydrogens is 228 g/mol. The molecule has 0 aromatic carbocycles. The van der Waals surface area contributed by atoms with Crippen molar-refractivity contribution in [2.24, 2.45) is 5.41 Å². The summed E-state index contributed by atoms with van der Waals surface area (Å²) >= 11 is 0. The van der Waals surface area contributed by atoms with E-state index < -0.39 is 5.60 Å². The lowest BCUT2D eigenvalue weighted by Crippen LogP contribution is -2.48. The van der Waals surface area contributed by atoms with Crippen LogP contribution in [0.5, 0.6) is 0 Å². The Morgan fingerprint density at radius 1 is 1.28 bits per heavy atom. The van der Waals surface area contributed by atoms with Gasteiger partial charge in [-0.2, -0.15) is 0 Å². The van der Waals surface area contributed by atoms with Gasteiger partial charge in [-0.25, -0.2) is 4.79 Å². The Balaban J connectivity index is 1.84. The molecular formula is C14H25N2O2. The molecule has 0 unspecified atom stereocenters. The Labute approximate surface area is 110 Å². The third-order valence-electron chi connectivity index (χ3n) is 3.88. The van der Waals surface area contributed by atoms with Gasteiger partial charge in [0.2, 0.25) is 0 Å². The summed E-state index contributed by atoms with van der Waals surface area (Å²) in [7, 11) is 0. The molecule has 1 N–H and O–H groups in total. The molecule has 4 heteroatoms. The van der Waals surface area contributed by atoms with Crippen molar-refractivity contribution in [3.8, 4) is 0 Å². The Morgan fingerprint density at radius 3 is 2.44 bits per heavy atom. The van der Waals surface area contributed by atoms with Gasteiger partial charge >= 0.3 is 6.09 Å². The first-order chi connectivity index (χ1) is 8.40.